The van der Waals surface area contributed by atoms with E-state index in [1.807, 2.05) is 11.8 Å². The molecule has 3 rings (SSSR count). The second-order valence-corrected chi connectivity index (χ2v) is 5.88. The number of carbonyl (C=O) groups excluding carboxylic acids is 1. The minimum atomic E-state index is -0.228. The van der Waals surface area contributed by atoms with Crippen molar-refractivity contribution in [3.05, 3.63) is 46.2 Å². The number of hydrogen-bond donors (Lipinski definition) is 0. The fourth-order valence-electron chi connectivity index (χ4n) is 2.47. The maximum atomic E-state index is 12.9. The third kappa shape index (κ3) is 2.90. The van der Waals surface area contributed by atoms with Crippen LogP contribution in [0.5, 0.6) is 0 Å². The Balaban J connectivity index is 1.64. The summed E-state index contributed by atoms with van der Waals surface area (Å²) < 4.78 is 12.9. The Kier molecular flexibility index (Phi) is 3.88. The summed E-state index contributed by atoms with van der Waals surface area (Å²) in [5, 5.41) is 0. The molecule has 21 heavy (non-hydrogen) atoms. The quantitative estimate of drug-likeness (QED) is 0.855. The van der Waals surface area contributed by atoms with E-state index < -0.39 is 0 Å². The molecule has 1 saturated heterocycles. The Morgan fingerprint density at radius 1 is 1.19 bits per heavy atom. The molecule has 0 atom stereocenters. The Bertz CT molecular complexity index is 633. The van der Waals surface area contributed by atoms with E-state index in [2.05, 4.69) is 9.88 Å². The van der Waals surface area contributed by atoms with Crippen molar-refractivity contribution < 1.29 is 9.18 Å². The maximum absolute atomic E-state index is 12.9. The smallest absolute Gasteiger partial charge is 0.265 e. The molecular weight excluding hydrogens is 289 g/mol. The van der Waals surface area contributed by atoms with Gasteiger partial charge in [-0.15, -0.1) is 11.3 Å². The number of benzene rings is 1. The molecule has 1 aliphatic rings. The molecule has 2 heterocycles. The van der Waals surface area contributed by atoms with Crippen molar-refractivity contribution in [1.82, 2.24) is 9.88 Å². The van der Waals surface area contributed by atoms with E-state index in [0.29, 0.717) is 13.1 Å². The van der Waals surface area contributed by atoms with Gasteiger partial charge in [-0.3, -0.25) is 4.79 Å². The first-order valence-corrected chi connectivity index (χ1v) is 7.73. The molecule has 1 aliphatic heterocycles. The molecule has 6 heteroatoms. The third-order valence-electron chi connectivity index (χ3n) is 3.70. The van der Waals surface area contributed by atoms with Crippen molar-refractivity contribution in [2.75, 3.05) is 31.1 Å². The number of halogens is 1. The second-order valence-electron chi connectivity index (χ2n) is 5.02. The van der Waals surface area contributed by atoms with Gasteiger partial charge >= 0.3 is 0 Å². The van der Waals surface area contributed by atoms with Gasteiger partial charge in [0.25, 0.3) is 5.91 Å². The predicted molar refractivity (Wildman–Crippen MR) is 81.4 cm³/mol. The molecule has 0 N–H and O–H groups in total. The first-order chi connectivity index (χ1) is 10.1. The van der Waals surface area contributed by atoms with Crippen LogP contribution in [0.3, 0.4) is 0 Å². The number of piperazine rings is 1. The van der Waals surface area contributed by atoms with Crippen LogP contribution in [0, 0.1) is 12.7 Å². The van der Waals surface area contributed by atoms with Gasteiger partial charge < -0.3 is 9.80 Å². The molecule has 0 saturated carbocycles. The van der Waals surface area contributed by atoms with Gasteiger partial charge in [0, 0.05) is 31.9 Å². The molecule has 110 valence electrons. The zero-order chi connectivity index (χ0) is 14.8. The van der Waals surface area contributed by atoms with Crippen LogP contribution in [0.4, 0.5) is 10.1 Å². The van der Waals surface area contributed by atoms with E-state index in [0.717, 1.165) is 29.3 Å². The summed E-state index contributed by atoms with van der Waals surface area (Å²) >= 11 is 1.39. The number of rotatable bonds is 2. The van der Waals surface area contributed by atoms with Crippen molar-refractivity contribution in [3.8, 4) is 0 Å². The lowest BCUT2D eigenvalue weighted by Crippen LogP contribution is -2.48. The topological polar surface area (TPSA) is 36.4 Å². The van der Waals surface area contributed by atoms with Gasteiger partial charge in [-0.1, -0.05) is 0 Å². The van der Waals surface area contributed by atoms with Crippen LogP contribution < -0.4 is 4.90 Å². The summed E-state index contributed by atoms with van der Waals surface area (Å²) in [5.41, 5.74) is 3.50. The van der Waals surface area contributed by atoms with Gasteiger partial charge in [0.1, 0.15) is 10.7 Å². The molecule has 1 amide bonds. The summed E-state index contributed by atoms with van der Waals surface area (Å²) in [7, 11) is 0. The highest BCUT2D eigenvalue weighted by Gasteiger charge is 2.24. The van der Waals surface area contributed by atoms with Crippen LogP contribution in [0.15, 0.2) is 29.8 Å². The number of anilines is 1. The van der Waals surface area contributed by atoms with Crippen molar-refractivity contribution in [2.45, 2.75) is 6.92 Å². The standard InChI is InChI=1S/C15H16FN3OS/c1-11-14(21-10-17-11)15(20)19-8-6-18(7-9-19)13-4-2-12(16)3-5-13/h2-5,10H,6-9H2,1H3. The van der Waals surface area contributed by atoms with Gasteiger partial charge in [0.2, 0.25) is 0 Å². The SMILES string of the molecule is Cc1ncsc1C(=O)N1CCN(c2ccc(F)cc2)CC1. The summed E-state index contributed by atoms with van der Waals surface area (Å²) in [6.45, 7) is 4.73. The number of carbonyl (C=O) groups is 1. The fraction of sp³-hybridized carbons (Fsp3) is 0.333. The lowest BCUT2D eigenvalue weighted by atomic mass is 10.2. The third-order valence-corrected chi connectivity index (χ3v) is 4.61. The number of hydrogen-bond acceptors (Lipinski definition) is 4. The van der Waals surface area contributed by atoms with Crippen LogP contribution >= 0.6 is 11.3 Å². The van der Waals surface area contributed by atoms with Gasteiger partial charge in [0.15, 0.2) is 0 Å². The fourth-order valence-corrected chi connectivity index (χ4v) is 3.24. The Morgan fingerprint density at radius 2 is 1.86 bits per heavy atom. The molecule has 0 spiro atoms. The molecule has 0 radical (unpaired) electrons. The van der Waals surface area contributed by atoms with Crippen LogP contribution in [-0.4, -0.2) is 42.0 Å². The van der Waals surface area contributed by atoms with Crippen molar-refractivity contribution >= 4 is 22.9 Å². The summed E-state index contributed by atoms with van der Waals surface area (Å²) in [6, 6.07) is 6.49. The number of aromatic nitrogens is 1. The molecule has 0 aliphatic carbocycles. The highest BCUT2D eigenvalue weighted by Crippen LogP contribution is 2.20. The zero-order valence-electron chi connectivity index (χ0n) is 11.8. The molecule has 2 aromatic rings. The Morgan fingerprint density at radius 3 is 2.43 bits per heavy atom. The van der Waals surface area contributed by atoms with Crippen molar-refractivity contribution in [2.24, 2.45) is 0 Å². The molecule has 1 aromatic heterocycles. The van der Waals surface area contributed by atoms with E-state index in [1.54, 1.807) is 17.6 Å². The molecule has 4 nitrogen and oxygen atoms in total. The van der Waals surface area contributed by atoms with Crippen LogP contribution in [0.1, 0.15) is 15.4 Å². The molecular formula is C15H16FN3OS. The maximum Gasteiger partial charge on any atom is 0.265 e. The molecule has 0 unspecified atom stereocenters. The average molecular weight is 305 g/mol. The predicted octanol–water partition coefficient (Wildman–Crippen LogP) is 2.55. The van der Waals surface area contributed by atoms with Crippen molar-refractivity contribution in [1.29, 1.82) is 0 Å². The number of nitrogens with zero attached hydrogens (tertiary/aromatic N) is 3. The van der Waals surface area contributed by atoms with E-state index in [4.69, 9.17) is 0 Å². The average Bonchev–Trinajstić information content (AvgIpc) is 2.94. The minimum absolute atomic E-state index is 0.0637. The summed E-state index contributed by atoms with van der Waals surface area (Å²) in [4.78, 5) is 21.3. The van der Waals surface area contributed by atoms with Crippen molar-refractivity contribution in [3.63, 3.8) is 0 Å². The van der Waals surface area contributed by atoms with E-state index in [1.165, 1.54) is 23.5 Å². The minimum Gasteiger partial charge on any atom is -0.368 e. The normalized spacial score (nSPS) is 15.3. The highest BCUT2D eigenvalue weighted by molar-refractivity contribution is 7.11. The van der Waals surface area contributed by atoms with Gasteiger partial charge in [0.05, 0.1) is 11.2 Å². The van der Waals surface area contributed by atoms with E-state index in [9.17, 15) is 9.18 Å². The van der Waals surface area contributed by atoms with E-state index in [-0.39, 0.29) is 11.7 Å². The highest BCUT2D eigenvalue weighted by atomic mass is 32.1. The Labute approximate surface area is 126 Å². The van der Waals surface area contributed by atoms with Gasteiger partial charge in [-0.05, 0) is 31.2 Å². The first kappa shape index (κ1) is 14.0. The molecule has 1 fully saturated rings. The number of amides is 1. The Hall–Kier alpha value is -1.95. The summed E-state index contributed by atoms with van der Waals surface area (Å²) in [6.07, 6.45) is 0. The zero-order valence-corrected chi connectivity index (χ0v) is 12.6. The van der Waals surface area contributed by atoms with Crippen LogP contribution in [-0.2, 0) is 0 Å². The van der Waals surface area contributed by atoms with Crippen LogP contribution in [0.2, 0.25) is 0 Å². The molecule has 0 bridgehead atoms. The molecule has 1 aromatic carbocycles. The van der Waals surface area contributed by atoms with Crippen LogP contribution in [0.25, 0.3) is 0 Å². The summed E-state index contributed by atoms with van der Waals surface area (Å²) in [5.74, 6) is -0.165. The monoisotopic (exact) mass is 305 g/mol. The van der Waals surface area contributed by atoms with E-state index >= 15 is 0 Å². The first-order valence-electron chi connectivity index (χ1n) is 6.85. The lowest BCUT2D eigenvalue weighted by molar-refractivity contribution is 0.0750. The lowest BCUT2D eigenvalue weighted by Gasteiger charge is -2.36. The second kappa shape index (κ2) is 5.81. The van der Waals surface area contributed by atoms with Gasteiger partial charge in [-0.2, -0.15) is 0 Å². The number of thiazole rings is 1. The number of aryl methyl sites for hydroxylation is 1. The largest absolute Gasteiger partial charge is 0.368 e. The van der Waals surface area contributed by atoms with Gasteiger partial charge in [-0.25, -0.2) is 9.37 Å².